The Balaban J connectivity index is 2.09. The van der Waals surface area contributed by atoms with Crippen molar-refractivity contribution in [3.8, 4) is 0 Å². The molecule has 0 bridgehead atoms. The lowest BCUT2D eigenvalue weighted by Gasteiger charge is -2.27. The molecule has 2 nitrogen and oxygen atoms in total. The van der Waals surface area contributed by atoms with Crippen LogP contribution in [0.25, 0.3) is 0 Å². The van der Waals surface area contributed by atoms with Crippen LogP contribution in [0.4, 0.5) is 0 Å². The number of hydrogen-bond donors (Lipinski definition) is 1. The Morgan fingerprint density at radius 3 is 2.89 bits per heavy atom. The molecule has 1 amide bonds. The van der Waals surface area contributed by atoms with Crippen molar-refractivity contribution in [1.82, 2.24) is 5.32 Å². The van der Waals surface area contributed by atoms with Crippen molar-refractivity contribution in [3.05, 3.63) is 35.4 Å². The first-order valence-corrected chi connectivity index (χ1v) is 8.19. The van der Waals surface area contributed by atoms with E-state index in [1.54, 1.807) is 0 Å². The molecule has 0 fully saturated rings. The van der Waals surface area contributed by atoms with Gasteiger partial charge in [0.25, 0.3) is 0 Å². The molecule has 0 heterocycles. The van der Waals surface area contributed by atoms with E-state index in [0.717, 1.165) is 24.6 Å². The van der Waals surface area contributed by atoms with Crippen LogP contribution in [0.3, 0.4) is 0 Å². The molecule has 1 N–H and O–H groups in total. The lowest BCUT2D eigenvalue weighted by atomic mass is 9.82. The Morgan fingerprint density at radius 2 is 2.16 bits per heavy atom. The smallest absolute Gasteiger partial charge is 0.227 e. The average molecular weight is 324 g/mol. The van der Waals surface area contributed by atoms with E-state index in [0.29, 0.717) is 5.92 Å². The third kappa shape index (κ3) is 3.38. The summed E-state index contributed by atoms with van der Waals surface area (Å²) in [6.07, 6.45) is 3.18. The summed E-state index contributed by atoms with van der Waals surface area (Å²) in [5, 5.41) is 4.08. The fourth-order valence-corrected chi connectivity index (χ4v) is 3.19. The maximum absolute atomic E-state index is 12.5. The molecule has 0 aromatic heterocycles. The van der Waals surface area contributed by atoms with Crippen LogP contribution in [0.2, 0.25) is 0 Å². The normalized spacial score (nSPS) is 21.3. The Hall–Kier alpha value is -0.830. The van der Waals surface area contributed by atoms with Gasteiger partial charge >= 0.3 is 0 Å². The fourth-order valence-electron chi connectivity index (χ4n) is 2.63. The zero-order chi connectivity index (χ0) is 13.8. The quantitative estimate of drug-likeness (QED) is 0.842. The molecule has 3 atom stereocenters. The van der Waals surface area contributed by atoms with Gasteiger partial charge in [0.2, 0.25) is 5.91 Å². The first kappa shape index (κ1) is 14.6. The topological polar surface area (TPSA) is 29.1 Å². The van der Waals surface area contributed by atoms with E-state index < -0.39 is 0 Å². The van der Waals surface area contributed by atoms with Crippen molar-refractivity contribution in [2.45, 2.75) is 45.1 Å². The van der Waals surface area contributed by atoms with E-state index in [-0.39, 0.29) is 17.9 Å². The van der Waals surface area contributed by atoms with E-state index in [1.807, 2.05) is 6.07 Å². The highest BCUT2D eigenvalue weighted by Gasteiger charge is 2.27. The predicted octanol–water partition coefficient (Wildman–Crippen LogP) is 3.64. The molecule has 3 heteroatoms. The summed E-state index contributed by atoms with van der Waals surface area (Å²) in [4.78, 5) is 12.5. The third-order valence-electron chi connectivity index (χ3n) is 4.15. The van der Waals surface area contributed by atoms with E-state index in [1.165, 1.54) is 11.1 Å². The summed E-state index contributed by atoms with van der Waals surface area (Å²) in [5.41, 5.74) is 2.57. The summed E-state index contributed by atoms with van der Waals surface area (Å²) < 4.78 is 0. The molecule has 1 aromatic rings. The predicted molar refractivity (Wildman–Crippen MR) is 82.7 cm³/mol. The molecule has 1 aliphatic carbocycles. The number of hydrogen-bond acceptors (Lipinski definition) is 1. The van der Waals surface area contributed by atoms with Gasteiger partial charge in [-0.2, -0.15) is 0 Å². The molecule has 0 saturated carbocycles. The maximum Gasteiger partial charge on any atom is 0.227 e. The van der Waals surface area contributed by atoms with Crippen LogP contribution in [0.15, 0.2) is 24.3 Å². The monoisotopic (exact) mass is 323 g/mol. The largest absolute Gasteiger partial charge is 0.353 e. The van der Waals surface area contributed by atoms with Crippen molar-refractivity contribution < 1.29 is 4.79 Å². The lowest BCUT2D eigenvalue weighted by Crippen LogP contribution is -2.41. The number of nitrogens with one attached hydrogen (secondary N) is 1. The van der Waals surface area contributed by atoms with Crippen LogP contribution in [-0.4, -0.2) is 17.3 Å². The number of aryl methyl sites for hydroxylation is 1. The van der Waals surface area contributed by atoms with E-state index >= 15 is 0 Å². The van der Waals surface area contributed by atoms with Gasteiger partial charge in [-0.1, -0.05) is 47.1 Å². The number of carbonyl (C=O) groups is 1. The second-order valence-electron chi connectivity index (χ2n) is 5.57. The second-order valence-corrected chi connectivity index (χ2v) is 6.22. The van der Waals surface area contributed by atoms with Crippen molar-refractivity contribution in [3.63, 3.8) is 0 Å². The number of rotatable bonds is 4. The Labute approximate surface area is 124 Å². The minimum atomic E-state index is 0.0370. The maximum atomic E-state index is 12.5. The fraction of sp³-hybridized carbons (Fsp3) is 0.562. The Bertz CT molecular complexity index is 446. The second kappa shape index (κ2) is 6.56. The van der Waals surface area contributed by atoms with Crippen LogP contribution in [0, 0.1) is 5.92 Å². The van der Waals surface area contributed by atoms with Gasteiger partial charge in [-0.3, -0.25) is 4.79 Å². The number of alkyl halides is 1. The molecule has 1 aliphatic rings. The van der Waals surface area contributed by atoms with Crippen LogP contribution in [0.1, 0.15) is 43.7 Å². The SMILES string of the molecule is CC(CBr)C(C)NC(=O)C1CCCc2ccccc21. The van der Waals surface area contributed by atoms with Crippen molar-refractivity contribution in [2.24, 2.45) is 5.92 Å². The average Bonchev–Trinajstić information content (AvgIpc) is 2.45. The van der Waals surface area contributed by atoms with Gasteiger partial charge in [-0.25, -0.2) is 0 Å². The first-order chi connectivity index (χ1) is 9.13. The van der Waals surface area contributed by atoms with E-state index in [4.69, 9.17) is 0 Å². The third-order valence-corrected chi connectivity index (χ3v) is 5.17. The van der Waals surface area contributed by atoms with Gasteiger partial charge in [0, 0.05) is 11.4 Å². The Kier molecular flexibility index (Phi) is 5.03. The molecule has 19 heavy (non-hydrogen) atoms. The van der Waals surface area contributed by atoms with Crippen molar-refractivity contribution in [2.75, 3.05) is 5.33 Å². The van der Waals surface area contributed by atoms with Gasteiger partial charge in [0.15, 0.2) is 0 Å². The molecule has 1 aromatic carbocycles. The molecule has 0 saturated heterocycles. The zero-order valence-electron chi connectivity index (χ0n) is 11.7. The van der Waals surface area contributed by atoms with Crippen LogP contribution < -0.4 is 5.32 Å². The molecule has 104 valence electrons. The van der Waals surface area contributed by atoms with E-state index in [2.05, 4.69) is 53.3 Å². The van der Waals surface area contributed by atoms with Crippen molar-refractivity contribution in [1.29, 1.82) is 0 Å². The summed E-state index contributed by atoms with van der Waals surface area (Å²) in [6, 6.07) is 8.57. The van der Waals surface area contributed by atoms with Crippen molar-refractivity contribution >= 4 is 21.8 Å². The zero-order valence-corrected chi connectivity index (χ0v) is 13.2. The van der Waals surface area contributed by atoms with Gasteiger partial charge in [-0.15, -0.1) is 0 Å². The molecule has 2 rings (SSSR count). The highest BCUT2D eigenvalue weighted by Crippen LogP contribution is 2.31. The molecule has 0 aliphatic heterocycles. The summed E-state index contributed by atoms with van der Waals surface area (Å²) in [7, 11) is 0. The summed E-state index contributed by atoms with van der Waals surface area (Å²) in [5.74, 6) is 0.671. The number of amides is 1. The van der Waals surface area contributed by atoms with Gasteiger partial charge < -0.3 is 5.32 Å². The first-order valence-electron chi connectivity index (χ1n) is 7.07. The minimum absolute atomic E-state index is 0.0370. The highest BCUT2D eigenvalue weighted by atomic mass is 79.9. The summed E-state index contributed by atoms with van der Waals surface area (Å²) in [6.45, 7) is 4.23. The van der Waals surface area contributed by atoms with Crippen LogP contribution in [0.5, 0.6) is 0 Å². The lowest BCUT2D eigenvalue weighted by molar-refractivity contribution is -0.123. The minimum Gasteiger partial charge on any atom is -0.353 e. The summed E-state index contributed by atoms with van der Waals surface area (Å²) >= 11 is 3.48. The van der Waals surface area contributed by atoms with Gasteiger partial charge in [-0.05, 0) is 43.2 Å². The molecule has 3 unspecified atom stereocenters. The Morgan fingerprint density at radius 1 is 1.42 bits per heavy atom. The van der Waals surface area contributed by atoms with Gasteiger partial charge in [0.1, 0.15) is 0 Å². The van der Waals surface area contributed by atoms with Gasteiger partial charge in [0.05, 0.1) is 5.92 Å². The number of halogens is 1. The number of carbonyl (C=O) groups excluding carboxylic acids is 1. The molecular formula is C16H22BrNO. The highest BCUT2D eigenvalue weighted by molar-refractivity contribution is 9.09. The molecule has 0 spiro atoms. The molecular weight excluding hydrogens is 302 g/mol. The molecule has 0 radical (unpaired) electrons. The van der Waals surface area contributed by atoms with Crippen LogP contribution >= 0.6 is 15.9 Å². The number of benzene rings is 1. The standard InChI is InChI=1S/C16H22BrNO/c1-11(10-17)12(2)18-16(19)15-9-5-7-13-6-3-4-8-14(13)15/h3-4,6,8,11-12,15H,5,7,9-10H2,1-2H3,(H,18,19). The number of fused-ring (bicyclic) bond motifs is 1. The van der Waals surface area contributed by atoms with Crippen LogP contribution in [-0.2, 0) is 11.2 Å². The van der Waals surface area contributed by atoms with E-state index in [9.17, 15) is 4.79 Å².